The molecule has 1 amide bonds. The number of phenolic OH excluding ortho intramolecular Hbond substituents is 1. The summed E-state index contributed by atoms with van der Waals surface area (Å²) in [7, 11) is 1.24. The van der Waals surface area contributed by atoms with E-state index in [-0.39, 0.29) is 17.9 Å². The molecule has 3 rings (SSSR count). The topological polar surface area (TPSA) is 121 Å². The third-order valence-corrected chi connectivity index (χ3v) is 5.12. The van der Waals surface area contributed by atoms with E-state index in [1.54, 1.807) is 17.0 Å². The third-order valence-electron chi connectivity index (χ3n) is 5.12. The van der Waals surface area contributed by atoms with Gasteiger partial charge in [-0.15, -0.1) is 0 Å². The average molecular weight is 416 g/mol. The van der Waals surface area contributed by atoms with Gasteiger partial charge >= 0.3 is 5.97 Å². The van der Waals surface area contributed by atoms with Crippen molar-refractivity contribution in [3.8, 4) is 11.5 Å². The van der Waals surface area contributed by atoms with E-state index >= 15 is 0 Å². The number of aromatic hydroxyl groups is 2. The molecule has 0 bridgehead atoms. The lowest BCUT2D eigenvalue weighted by atomic mass is 9.92. The summed E-state index contributed by atoms with van der Waals surface area (Å²) in [5.74, 6) is -1.69. The van der Waals surface area contributed by atoms with E-state index in [2.05, 4.69) is 0 Å². The van der Waals surface area contributed by atoms with Gasteiger partial charge in [-0.1, -0.05) is 12.1 Å². The summed E-state index contributed by atoms with van der Waals surface area (Å²) >= 11 is 0. The second-order valence-corrected chi connectivity index (χ2v) is 7.14. The van der Waals surface area contributed by atoms with Crippen molar-refractivity contribution in [2.45, 2.75) is 18.9 Å². The normalized spacial score (nSPS) is 15.6. The summed E-state index contributed by atoms with van der Waals surface area (Å²) in [4.78, 5) is 39.0. The van der Waals surface area contributed by atoms with Crippen LogP contribution in [0.3, 0.4) is 0 Å². The molecule has 2 aromatic rings. The molecule has 0 saturated carbocycles. The van der Waals surface area contributed by atoms with E-state index in [0.29, 0.717) is 44.0 Å². The van der Waals surface area contributed by atoms with Crippen LogP contribution in [-0.2, 0) is 20.9 Å². The molecule has 1 aliphatic rings. The maximum absolute atomic E-state index is 12.4. The van der Waals surface area contributed by atoms with Gasteiger partial charge in [-0.3, -0.25) is 19.3 Å². The number of ether oxygens (including phenoxy) is 1. The molecular weight excluding hydrogens is 392 g/mol. The summed E-state index contributed by atoms with van der Waals surface area (Å²) < 4.78 is 10.6. The minimum absolute atomic E-state index is 0.0200. The SMILES string of the molecule is COC(=O)CC(c1cccc(O)c1)c1oc(CN2CCN(C=O)CC2)cc(=O)c1O. The van der Waals surface area contributed by atoms with Crippen LogP contribution in [0.25, 0.3) is 0 Å². The van der Waals surface area contributed by atoms with Crippen LogP contribution in [0, 0.1) is 0 Å². The zero-order valence-electron chi connectivity index (χ0n) is 16.6. The monoisotopic (exact) mass is 416 g/mol. The number of rotatable bonds is 7. The average Bonchev–Trinajstić information content (AvgIpc) is 2.75. The van der Waals surface area contributed by atoms with Crippen molar-refractivity contribution in [2.75, 3.05) is 33.3 Å². The minimum Gasteiger partial charge on any atom is -0.508 e. The summed E-state index contributed by atoms with van der Waals surface area (Å²) in [6, 6.07) is 7.41. The van der Waals surface area contributed by atoms with Crippen LogP contribution < -0.4 is 5.43 Å². The van der Waals surface area contributed by atoms with Crippen molar-refractivity contribution in [3.63, 3.8) is 0 Å². The lowest BCUT2D eigenvalue weighted by molar-refractivity contribution is -0.141. The molecule has 30 heavy (non-hydrogen) atoms. The first-order chi connectivity index (χ1) is 14.4. The predicted octanol–water partition coefficient (Wildman–Crippen LogP) is 1.02. The Morgan fingerprint density at radius 2 is 1.97 bits per heavy atom. The Kier molecular flexibility index (Phi) is 6.73. The molecule has 2 heterocycles. The highest BCUT2D eigenvalue weighted by Crippen LogP contribution is 2.34. The van der Waals surface area contributed by atoms with Crippen molar-refractivity contribution in [1.82, 2.24) is 9.80 Å². The molecule has 9 heteroatoms. The standard InChI is InChI=1S/C21H24N2O7/c1-29-19(27)11-17(14-3-2-4-15(25)9-14)21-20(28)18(26)10-16(30-21)12-22-5-7-23(13-24)8-6-22/h2-4,9-10,13,17,25,28H,5-8,11-12H2,1H3. The number of benzene rings is 1. The number of carbonyl (C=O) groups excluding carboxylic acids is 2. The molecular formula is C21H24N2O7. The van der Waals surface area contributed by atoms with Crippen molar-refractivity contribution in [2.24, 2.45) is 0 Å². The van der Waals surface area contributed by atoms with Crippen molar-refractivity contribution in [3.05, 3.63) is 57.6 Å². The maximum Gasteiger partial charge on any atom is 0.306 e. The first kappa shape index (κ1) is 21.4. The van der Waals surface area contributed by atoms with Gasteiger partial charge in [0, 0.05) is 32.2 Å². The molecule has 0 spiro atoms. The second kappa shape index (κ2) is 9.45. The second-order valence-electron chi connectivity index (χ2n) is 7.14. The van der Waals surface area contributed by atoms with E-state index < -0.39 is 23.1 Å². The van der Waals surface area contributed by atoms with Gasteiger partial charge in [-0.2, -0.15) is 0 Å². The third kappa shape index (κ3) is 4.98. The lowest BCUT2D eigenvalue weighted by Gasteiger charge is -2.32. The summed E-state index contributed by atoms with van der Waals surface area (Å²) in [5, 5.41) is 20.2. The predicted molar refractivity (Wildman–Crippen MR) is 106 cm³/mol. The van der Waals surface area contributed by atoms with Crippen molar-refractivity contribution >= 4 is 12.4 Å². The van der Waals surface area contributed by atoms with E-state index in [9.17, 15) is 24.6 Å². The van der Waals surface area contributed by atoms with Gasteiger partial charge in [0.15, 0.2) is 5.76 Å². The first-order valence-corrected chi connectivity index (χ1v) is 9.54. The van der Waals surface area contributed by atoms with E-state index in [1.807, 2.05) is 4.90 Å². The fourth-order valence-electron chi connectivity index (χ4n) is 3.47. The quantitative estimate of drug-likeness (QED) is 0.507. The van der Waals surface area contributed by atoms with Gasteiger partial charge in [-0.05, 0) is 17.7 Å². The van der Waals surface area contributed by atoms with Gasteiger partial charge in [0.25, 0.3) is 0 Å². The van der Waals surface area contributed by atoms with E-state index in [0.717, 1.165) is 6.41 Å². The van der Waals surface area contributed by atoms with Crippen LogP contribution in [0.15, 0.2) is 39.5 Å². The van der Waals surface area contributed by atoms with E-state index in [1.165, 1.54) is 25.3 Å². The Morgan fingerprint density at radius 1 is 1.23 bits per heavy atom. The summed E-state index contributed by atoms with van der Waals surface area (Å²) in [6.07, 6.45) is 0.626. The van der Waals surface area contributed by atoms with Gasteiger partial charge in [0.05, 0.1) is 26.0 Å². The number of nitrogens with zero attached hydrogens (tertiary/aromatic N) is 2. The molecule has 1 aromatic carbocycles. The Morgan fingerprint density at radius 3 is 2.60 bits per heavy atom. The zero-order valence-corrected chi connectivity index (χ0v) is 16.6. The number of hydrogen-bond donors (Lipinski definition) is 2. The largest absolute Gasteiger partial charge is 0.508 e. The molecule has 0 aliphatic carbocycles. The molecule has 2 N–H and O–H groups in total. The molecule has 1 saturated heterocycles. The number of esters is 1. The van der Waals surface area contributed by atoms with Crippen LogP contribution in [0.1, 0.15) is 29.4 Å². The zero-order chi connectivity index (χ0) is 21.7. The number of phenols is 1. The molecule has 1 aromatic heterocycles. The fourth-order valence-corrected chi connectivity index (χ4v) is 3.47. The Hall–Kier alpha value is -3.33. The number of hydrogen-bond acceptors (Lipinski definition) is 8. The fraction of sp³-hybridized carbons (Fsp3) is 0.381. The minimum atomic E-state index is -0.816. The van der Waals surface area contributed by atoms with Crippen molar-refractivity contribution in [1.29, 1.82) is 0 Å². The smallest absolute Gasteiger partial charge is 0.306 e. The highest BCUT2D eigenvalue weighted by molar-refractivity contribution is 5.71. The molecule has 1 unspecified atom stereocenters. The molecule has 1 fully saturated rings. The molecule has 1 atom stereocenters. The van der Waals surface area contributed by atoms with Gasteiger partial charge < -0.3 is 24.3 Å². The number of amides is 1. The molecule has 9 nitrogen and oxygen atoms in total. The Balaban J connectivity index is 1.94. The summed E-state index contributed by atoms with van der Waals surface area (Å²) in [5.41, 5.74) is -0.122. The van der Waals surface area contributed by atoms with Crippen molar-refractivity contribution < 1.29 is 29.0 Å². The number of methoxy groups -OCH3 is 1. The van der Waals surface area contributed by atoms with Gasteiger partial charge in [0.2, 0.25) is 17.6 Å². The van der Waals surface area contributed by atoms with Crippen LogP contribution in [0.5, 0.6) is 11.5 Å². The highest BCUT2D eigenvalue weighted by atomic mass is 16.5. The van der Waals surface area contributed by atoms with E-state index in [4.69, 9.17) is 9.15 Å². The molecule has 1 aliphatic heterocycles. The van der Waals surface area contributed by atoms with Crippen LogP contribution >= 0.6 is 0 Å². The lowest BCUT2D eigenvalue weighted by Crippen LogP contribution is -2.45. The summed E-state index contributed by atoms with van der Waals surface area (Å²) in [6.45, 7) is 2.72. The number of carbonyl (C=O) groups is 2. The van der Waals surface area contributed by atoms with Gasteiger partial charge in [0.1, 0.15) is 11.5 Å². The maximum atomic E-state index is 12.4. The number of piperazine rings is 1. The van der Waals surface area contributed by atoms with Gasteiger partial charge in [-0.25, -0.2) is 0 Å². The molecule has 0 radical (unpaired) electrons. The van der Waals surface area contributed by atoms with Crippen LogP contribution in [-0.4, -0.2) is 65.7 Å². The Labute approximate surface area is 173 Å². The highest BCUT2D eigenvalue weighted by Gasteiger charge is 2.27. The molecule has 160 valence electrons. The first-order valence-electron chi connectivity index (χ1n) is 9.54. The van der Waals surface area contributed by atoms with Crippen LogP contribution in [0.2, 0.25) is 0 Å². The Bertz CT molecular complexity index is 964. The van der Waals surface area contributed by atoms with Crippen LogP contribution in [0.4, 0.5) is 0 Å².